The van der Waals surface area contributed by atoms with Crippen molar-refractivity contribution in [2.24, 2.45) is 0 Å². The minimum Gasteiger partial charge on any atom is -0.298 e. The Labute approximate surface area is 61.1 Å². The van der Waals surface area contributed by atoms with Gasteiger partial charge in [0.05, 0.1) is 0 Å². The van der Waals surface area contributed by atoms with Gasteiger partial charge in [0.15, 0.2) is 5.76 Å². The highest BCUT2D eigenvalue weighted by molar-refractivity contribution is 5.21. The molecule has 0 saturated heterocycles. The zero-order valence-electron chi connectivity index (χ0n) is 6.39. The van der Waals surface area contributed by atoms with Crippen LogP contribution in [0.4, 0.5) is 0 Å². The van der Waals surface area contributed by atoms with E-state index in [9.17, 15) is 0 Å². The fourth-order valence-corrected chi connectivity index (χ4v) is 0.943. The first-order valence-electron chi connectivity index (χ1n) is 3.60. The molecule has 0 N–H and O–H groups in total. The quantitative estimate of drug-likeness (QED) is 0.549. The van der Waals surface area contributed by atoms with E-state index in [2.05, 4.69) is 11.8 Å². The molecule has 56 valence electrons. The molecule has 1 aliphatic heterocycles. The second-order valence-electron chi connectivity index (χ2n) is 2.14. The average Bonchev–Trinajstić information content (AvgIpc) is 2.04. The minimum atomic E-state index is 0.896. The normalized spacial score (nSPS) is 16.6. The molecular weight excluding hydrogens is 128 g/mol. The predicted molar refractivity (Wildman–Crippen MR) is 38.9 cm³/mol. The molecule has 0 aromatic carbocycles. The third-order valence-corrected chi connectivity index (χ3v) is 1.53. The summed E-state index contributed by atoms with van der Waals surface area (Å²) >= 11 is 0. The zero-order chi connectivity index (χ0) is 7.40. The van der Waals surface area contributed by atoms with Crippen LogP contribution in [0.3, 0.4) is 0 Å². The van der Waals surface area contributed by atoms with Crippen molar-refractivity contribution in [3.05, 3.63) is 23.7 Å². The van der Waals surface area contributed by atoms with Gasteiger partial charge in [0.2, 0.25) is 0 Å². The molecule has 0 aromatic heterocycles. The molecule has 0 spiro atoms. The smallest absolute Gasteiger partial charge is 0.158 e. The fraction of sp³-hybridized carbons (Fsp3) is 0.500. The lowest BCUT2D eigenvalue weighted by atomic mass is 10.1. The first kappa shape index (κ1) is 7.19. The van der Waals surface area contributed by atoms with Gasteiger partial charge < -0.3 is 0 Å². The Morgan fingerprint density at radius 2 is 2.10 bits per heavy atom. The van der Waals surface area contributed by atoms with E-state index < -0.39 is 0 Å². The average molecular weight is 140 g/mol. The Morgan fingerprint density at radius 1 is 1.30 bits per heavy atom. The zero-order valence-corrected chi connectivity index (χ0v) is 6.39. The number of rotatable bonds is 2. The Morgan fingerprint density at radius 3 is 2.60 bits per heavy atom. The first-order valence-corrected chi connectivity index (χ1v) is 3.60. The van der Waals surface area contributed by atoms with Crippen LogP contribution < -0.4 is 0 Å². The molecule has 1 heterocycles. The molecule has 0 saturated carbocycles. The summed E-state index contributed by atoms with van der Waals surface area (Å²) < 4.78 is 0. The van der Waals surface area contributed by atoms with Gasteiger partial charge in [0.1, 0.15) is 6.26 Å². The van der Waals surface area contributed by atoms with Crippen LogP contribution in [0.15, 0.2) is 23.7 Å². The van der Waals surface area contributed by atoms with Gasteiger partial charge in [-0.15, -0.1) is 0 Å². The Balaban J connectivity index is 2.73. The van der Waals surface area contributed by atoms with Crippen molar-refractivity contribution >= 4 is 0 Å². The van der Waals surface area contributed by atoms with Gasteiger partial charge in [0, 0.05) is 6.42 Å². The Kier molecular flexibility index (Phi) is 2.37. The van der Waals surface area contributed by atoms with E-state index in [1.165, 1.54) is 5.57 Å². The summed E-state index contributed by atoms with van der Waals surface area (Å²) in [5.41, 5.74) is 1.23. The van der Waals surface area contributed by atoms with Gasteiger partial charge >= 0.3 is 0 Å². The van der Waals surface area contributed by atoms with E-state index >= 15 is 0 Å². The molecule has 1 aliphatic rings. The molecule has 0 unspecified atom stereocenters. The molecule has 1 rings (SSSR count). The van der Waals surface area contributed by atoms with Crippen molar-refractivity contribution in [1.29, 1.82) is 0 Å². The number of hydrogen-bond acceptors (Lipinski definition) is 2. The Bertz CT molecular complexity index is 168. The molecule has 0 fully saturated rings. The van der Waals surface area contributed by atoms with Crippen LogP contribution >= 0.6 is 0 Å². The van der Waals surface area contributed by atoms with E-state index in [0.29, 0.717) is 0 Å². The third kappa shape index (κ3) is 1.32. The van der Waals surface area contributed by atoms with Crippen molar-refractivity contribution in [1.82, 2.24) is 0 Å². The predicted octanol–water partition coefficient (Wildman–Crippen LogP) is 2.54. The second-order valence-corrected chi connectivity index (χ2v) is 2.14. The van der Waals surface area contributed by atoms with Crippen LogP contribution in [-0.2, 0) is 9.78 Å². The van der Waals surface area contributed by atoms with Crippen LogP contribution in [0, 0.1) is 0 Å². The summed E-state index contributed by atoms with van der Waals surface area (Å²) in [6.07, 6.45) is 5.41. The molecule has 0 amide bonds. The summed E-state index contributed by atoms with van der Waals surface area (Å²) in [5.74, 6) is 0.949. The van der Waals surface area contributed by atoms with E-state index in [4.69, 9.17) is 4.89 Å². The highest BCUT2D eigenvalue weighted by Crippen LogP contribution is 2.19. The van der Waals surface area contributed by atoms with Gasteiger partial charge in [-0.05, 0) is 18.1 Å². The van der Waals surface area contributed by atoms with Gasteiger partial charge in [-0.2, -0.15) is 0 Å². The van der Waals surface area contributed by atoms with Crippen molar-refractivity contribution in [2.75, 3.05) is 0 Å². The lowest BCUT2D eigenvalue weighted by molar-refractivity contribution is -0.217. The molecule has 0 aromatic rings. The maximum Gasteiger partial charge on any atom is 0.158 e. The molecule has 0 bridgehead atoms. The topological polar surface area (TPSA) is 18.5 Å². The van der Waals surface area contributed by atoms with Crippen molar-refractivity contribution in [3.8, 4) is 0 Å². The number of hydrogen-bond donors (Lipinski definition) is 0. The highest BCUT2D eigenvalue weighted by atomic mass is 17.2. The SMILES string of the molecule is CCC1=C(CC)OOC=C1. The highest BCUT2D eigenvalue weighted by Gasteiger charge is 2.06. The lowest BCUT2D eigenvalue weighted by Gasteiger charge is -2.12. The molecule has 2 nitrogen and oxygen atoms in total. The van der Waals surface area contributed by atoms with E-state index in [1.807, 2.05) is 13.0 Å². The summed E-state index contributed by atoms with van der Waals surface area (Å²) in [6.45, 7) is 4.15. The molecule has 10 heavy (non-hydrogen) atoms. The van der Waals surface area contributed by atoms with Crippen LogP contribution in [0.1, 0.15) is 26.7 Å². The Hall–Kier alpha value is -0.920. The van der Waals surface area contributed by atoms with Crippen molar-refractivity contribution in [2.45, 2.75) is 26.7 Å². The molecule has 0 aliphatic carbocycles. The summed E-state index contributed by atoms with van der Waals surface area (Å²) in [4.78, 5) is 9.59. The monoisotopic (exact) mass is 140 g/mol. The van der Waals surface area contributed by atoms with E-state index in [-0.39, 0.29) is 0 Å². The largest absolute Gasteiger partial charge is 0.298 e. The van der Waals surface area contributed by atoms with Gasteiger partial charge in [-0.3, -0.25) is 9.78 Å². The fourth-order valence-electron chi connectivity index (χ4n) is 0.943. The maximum atomic E-state index is 4.92. The third-order valence-electron chi connectivity index (χ3n) is 1.53. The molecule has 0 radical (unpaired) electrons. The molecule has 0 atom stereocenters. The minimum absolute atomic E-state index is 0.896. The van der Waals surface area contributed by atoms with Crippen LogP contribution in [0.2, 0.25) is 0 Å². The lowest BCUT2D eigenvalue weighted by Crippen LogP contribution is -1.98. The second kappa shape index (κ2) is 3.30. The van der Waals surface area contributed by atoms with Crippen molar-refractivity contribution < 1.29 is 9.78 Å². The maximum absolute atomic E-state index is 4.92. The van der Waals surface area contributed by atoms with E-state index in [1.54, 1.807) is 6.26 Å². The van der Waals surface area contributed by atoms with Gasteiger partial charge in [0.25, 0.3) is 0 Å². The van der Waals surface area contributed by atoms with Crippen LogP contribution in [0.25, 0.3) is 0 Å². The van der Waals surface area contributed by atoms with E-state index in [0.717, 1.165) is 18.6 Å². The van der Waals surface area contributed by atoms with Crippen LogP contribution in [0.5, 0.6) is 0 Å². The summed E-state index contributed by atoms with van der Waals surface area (Å²) in [5, 5.41) is 0. The number of allylic oxidation sites excluding steroid dienone is 3. The van der Waals surface area contributed by atoms with Gasteiger partial charge in [-0.25, -0.2) is 0 Å². The summed E-state index contributed by atoms with van der Waals surface area (Å²) in [6, 6.07) is 0. The van der Waals surface area contributed by atoms with Crippen LogP contribution in [-0.4, -0.2) is 0 Å². The molecular formula is C8H12O2. The van der Waals surface area contributed by atoms with Gasteiger partial charge in [-0.1, -0.05) is 13.8 Å². The molecule has 2 heteroatoms. The standard InChI is InChI=1S/C8H12O2/c1-3-7-5-6-9-10-8(7)4-2/h5-6H,3-4H2,1-2H3. The summed E-state index contributed by atoms with van der Waals surface area (Å²) in [7, 11) is 0. The first-order chi connectivity index (χ1) is 4.88. The van der Waals surface area contributed by atoms with Crippen molar-refractivity contribution in [3.63, 3.8) is 0 Å².